The van der Waals surface area contributed by atoms with Crippen LogP contribution in [0.15, 0.2) is 16.3 Å². The van der Waals surface area contributed by atoms with Crippen LogP contribution in [0.5, 0.6) is 0 Å². The molecule has 0 saturated heterocycles. The second kappa shape index (κ2) is 6.13. The van der Waals surface area contributed by atoms with Gasteiger partial charge in [0, 0.05) is 24.0 Å². The molecule has 0 radical (unpaired) electrons. The molecule has 1 aliphatic carbocycles. The van der Waals surface area contributed by atoms with E-state index in [1.165, 1.54) is 11.3 Å². The highest BCUT2D eigenvalue weighted by molar-refractivity contribution is 7.91. The molecule has 2 rings (SSSR count). The topological polar surface area (TPSA) is 58.2 Å². The van der Waals surface area contributed by atoms with Gasteiger partial charge in [-0.25, -0.2) is 13.1 Å². The molecule has 4 nitrogen and oxygen atoms in total. The molecule has 1 saturated carbocycles. The van der Waals surface area contributed by atoms with Crippen LogP contribution in [0.4, 0.5) is 0 Å². The summed E-state index contributed by atoms with van der Waals surface area (Å²) in [6.07, 6.45) is 3.32. The van der Waals surface area contributed by atoms with Crippen molar-refractivity contribution in [2.24, 2.45) is 5.41 Å². The standard InChI is InChI=1S/C14H24N2O2S2/c1-4-14(7-8-14)10-16-20(17,18)13-6-5-12(19-13)9-15-11(2)3/h5-6,11,15-16H,4,7-10H2,1-3H3. The molecule has 0 unspecified atom stereocenters. The zero-order valence-electron chi connectivity index (χ0n) is 12.4. The summed E-state index contributed by atoms with van der Waals surface area (Å²) in [5.41, 5.74) is 0.229. The molecule has 0 atom stereocenters. The maximum absolute atomic E-state index is 12.3. The fraction of sp³-hybridized carbons (Fsp3) is 0.714. The molecule has 2 N–H and O–H groups in total. The lowest BCUT2D eigenvalue weighted by atomic mass is 10.1. The number of hydrogen-bond acceptors (Lipinski definition) is 4. The first kappa shape index (κ1) is 15.9. The Bertz CT molecular complexity index is 545. The van der Waals surface area contributed by atoms with Gasteiger partial charge in [0.05, 0.1) is 0 Å². The number of thiophene rings is 1. The Hall–Kier alpha value is -0.430. The summed E-state index contributed by atoms with van der Waals surface area (Å²) in [7, 11) is -3.34. The third-order valence-corrected chi connectivity index (χ3v) is 6.91. The Balaban J connectivity index is 1.95. The van der Waals surface area contributed by atoms with E-state index in [-0.39, 0.29) is 5.41 Å². The van der Waals surface area contributed by atoms with Crippen molar-refractivity contribution in [2.45, 2.75) is 56.8 Å². The van der Waals surface area contributed by atoms with E-state index in [1.54, 1.807) is 6.07 Å². The molecule has 0 bridgehead atoms. The summed E-state index contributed by atoms with van der Waals surface area (Å²) in [5.74, 6) is 0. The van der Waals surface area contributed by atoms with E-state index < -0.39 is 10.0 Å². The van der Waals surface area contributed by atoms with Crippen molar-refractivity contribution in [3.05, 3.63) is 17.0 Å². The van der Waals surface area contributed by atoms with Crippen LogP contribution in [0, 0.1) is 5.41 Å². The zero-order chi connectivity index (χ0) is 14.8. The number of sulfonamides is 1. The van der Waals surface area contributed by atoms with Crippen molar-refractivity contribution in [3.8, 4) is 0 Å². The van der Waals surface area contributed by atoms with Crippen molar-refractivity contribution in [1.29, 1.82) is 0 Å². The van der Waals surface area contributed by atoms with Crippen molar-refractivity contribution in [2.75, 3.05) is 6.54 Å². The first-order chi connectivity index (χ1) is 9.37. The lowest BCUT2D eigenvalue weighted by Crippen LogP contribution is -2.29. The van der Waals surface area contributed by atoms with Crippen LogP contribution in [0.1, 0.15) is 44.9 Å². The van der Waals surface area contributed by atoms with E-state index in [2.05, 4.69) is 30.8 Å². The van der Waals surface area contributed by atoms with E-state index in [9.17, 15) is 8.42 Å². The number of rotatable bonds is 8. The quantitative estimate of drug-likeness (QED) is 0.775. The van der Waals surface area contributed by atoms with Crippen LogP contribution >= 0.6 is 11.3 Å². The molecular weight excluding hydrogens is 292 g/mol. The molecular formula is C14H24N2O2S2. The van der Waals surface area contributed by atoms with Crippen LogP contribution in [-0.2, 0) is 16.6 Å². The van der Waals surface area contributed by atoms with E-state index in [0.29, 0.717) is 16.8 Å². The lowest BCUT2D eigenvalue weighted by Gasteiger charge is -2.12. The van der Waals surface area contributed by atoms with Crippen molar-refractivity contribution < 1.29 is 8.42 Å². The van der Waals surface area contributed by atoms with Gasteiger partial charge in [-0.3, -0.25) is 0 Å². The minimum Gasteiger partial charge on any atom is -0.310 e. The zero-order valence-corrected chi connectivity index (χ0v) is 14.0. The average molecular weight is 316 g/mol. The van der Waals surface area contributed by atoms with E-state index in [4.69, 9.17) is 0 Å². The van der Waals surface area contributed by atoms with Gasteiger partial charge in [0.25, 0.3) is 0 Å². The van der Waals surface area contributed by atoms with Gasteiger partial charge >= 0.3 is 0 Å². The molecule has 6 heteroatoms. The Morgan fingerprint density at radius 3 is 2.60 bits per heavy atom. The number of nitrogens with one attached hydrogen (secondary N) is 2. The van der Waals surface area contributed by atoms with Gasteiger partial charge in [0.1, 0.15) is 4.21 Å². The maximum atomic E-state index is 12.3. The summed E-state index contributed by atoms with van der Waals surface area (Å²) in [6.45, 7) is 7.57. The monoisotopic (exact) mass is 316 g/mol. The van der Waals surface area contributed by atoms with E-state index in [1.807, 2.05) is 6.07 Å². The van der Waals surface area contributed by atoms with Gasteiger partial charge in [0.15, 0.2) is 0 Å². The van der Waals surface area contributed by atoms with Crippen molar-refractivity contribution in [3.63, 3.8) is 0 Å². The van der Waals surface area contributed by atoms with Gasteiger partial charge in [-0.2, -0.15) is 0 Å². The predicted octanol–water partition coefficient (Wildman–Crippen LogP) is 2.71. The first-order valence-corrected chi connectivity index (χ1v) is 9.49. The molecule has 0 spiro atoms. The molecule has 1 aromatic heterocycles. The summed E-state index contributed by atoms with van der Waals surface area (Å²) in [6, 6.07) is 3.99. The van der Waals surface area contributed by atoms with Gasteiger partial charge in [-0.15, -0.1) is 11.3 Å². The third kappa shape index (κ3) is 4.04. The van der Waals surface area contributed by atoms with E-state index in [0.717, 1.165) is 30.7 Å². The molecule has 1 heterocycles. The summed E-state index contributed by atoms with van der Waals surface area (Å²) >= 11 is 1.35. The van der Waals surface area contributed by atoms with Gasteiger partial charge in [-0.05, 0) is 36.8 Å². The Morgan fingerprint density at radius 2 is 2.05 bits per heavy atom. The number of hydrogen-bond donors (Lipinski definition) is 2. The van der Waals surface area contributed by atoms with E-state index >= 15 is 0 Å². The van der Waals surface area contributed by atoms with Gasteiger partial charge in [-0.1, -0.05) is 20.8 Å². The second-order valence-electron chi connectivity index (χ2n) is 5.93. The third-order valence-electron chi connectivity index (χ3n) is 3.93. The highest BCUT2D eigenvalue weighted by Crippen LogP contribution is 2.48. The largest absolute Gasteiger partial charge is 0.310 e. The molecule has 1 aliphatic rings. The highest BCUT2D eigenvalue weighted by Gasteiger charge is 2.41. The van der Waals surface area contributed by atoms with Crippen molar-refractivity contribution in [1.82, 2.24) is 10.0 Å². The smallest absolute Gasteiger partial charge is 0.250 e. The lowest BCUT2D eigenvalue weighted by molar-refractivity contribution is 0.476. The fourth-order valence-corrected chi connectivity index (χ4v) is 4.56. The van der Waals surface area contributed by atoms with Crippen LogP contribution < -0.4 is 10.0 Å². The van der Waals surface area contributed by atoms with Crippen LogP contribution in [0.3, 0.4) is 0 Å². The molecule has 0 aliphatic heterocycles. The SMILES string of the molecule is CCC1(CNS(=O)(=O)c2ccc(CNC(C)C)s2)CC1. The summed E-state index contributed by atoms with van der Waals surface area (Å²) in [4.78, 5) is 1.05. The Kier molecular flexibility index (Phi) is 4.89. The fourth-order valence-electron chi connectivity index (χ4n) is 2.05. The predicted molar refractivity (Wildman–Crippen MR) is 83.4 cm³/mol. The summed E-state index contributed by atoms with van der Waals surface area (Å²) in [5, 5.41) is 3.30. The Labute approximate surface area is 126 Å². The minimum absolute atomic E-state index is 0.229. The molecule has 1 aromatic rings. The summed E-state index contributed by atoms with van der Waals surface area (Å²) < 4.78 is 27.7. The van der Waals surface area contributed by atoms with Crippen LogP contribution in [0.25, 0.3) is 0 Å². The van der Waals surface area contributed by atoms with Gasteiger partial charge < -0.3 is 5.32 Å². The maximum Gasteiger partial charge on any atom is 0.250 e. The molecule has 20 heavy (non-hydrogen) atoms. The highest BCUT2D eigenvalue weighted by atomic mass is 32.2. The molecule has 0 aromatic carbocycles. The van der Waals surface area contributed by atoms with Crippen LogP contribution in [0.2, 0.25) is 0 Å². The Morgan fingerprint density at radius 1 is 1.35 bits per heavy atom. The normalized spacial score (nSPS) is 17.6. The molecule has 0 amide bonds. The minimum atomic E-state index is -3.34. The van der Waals surface area contributed by atoms with Crippen molar-refractivity contribution >= 4 is 21.4 Å². The van der Waals surface area contributed by atoms with Gasteiger partial charge in [0.2, 0.25) is 10.0 Å². The second-order valence-corrected chi connectivity index (χ2v) is 9.10. The molecule has 1 fully saturated rings. The van der Waals surface area contributed by atoms with Crippen LogP contribution in [-0.4, -0.2) is 21.0 Å². The average Bonchev–Trinajstić information content (AvgIpc) is 3.02. The first-order valence-electron chi connectivity index (χ1n) is 7.19. The molecule has 114 valence electrons.